The molecule has 0 aliphatic heterocycles. The molecule has 1 aromatic carbocycles. The van der Waals surface area contributed by atoms with Crippen molar-refractivity contribution in [3.8, 4) is 5.75 Å². The summed E-state index contributed by atoms with van der Waals surface area (Å²) in [6, 6.07) is 9.07. The number of allylic oxidation sites excluding steroid dienone is 1. The van der Waals surface area contributed by atoms with Gasteiger partial charge in [0.2, 0.25) is 5.95 Å². The minimum atomic E-state index is 0.201. The van der Waals surface area contributed by atoms with Crippen LogP contribution < -0.4 is 16.4 Å². The van der Waals surface area contributed by atoms with Crippen LogP contribution in [-0.2, 0) is 0 Å². The minimum Gasteiger partial charge on any atom is -0.508 e. The number of phenols is 1. The maximum Gasteiger partial charge on any atom is 0.229 e. The molecular weight excluding hydrogens is 384 g/mol. The van der Waals surface area contributed by atoms with Crippen LogP contribution in [0.5, 0.6) is 5.75 Å². The fourth-order valence-electron chi connectivity index (χ4n) is 3.39. The number of hydrogen-bond acceptors (Lipinski definition) is 8. The van der Waals surface area contributed by atoms with E-state index in [4.69, 9.17) is 10.7 Å². The molecule has 0 saturated heterocycles. The summed E-state index contributed by atoms with van der Waals surface area (Å²) in [5, 5.41) is 18.2. The Labute approximate surface area is 173 Å². The molecule has 0 atom stereocenters. The van der Waals surface area contributed by atoms with E-state index in [0.29, 0.717) is 23.4 Å². The van der Waals surface area contributed by atoms with Gasteiger partial charge >= 0.3 is 0 Å². The van der Waals surface area contributed by atoms with E-state index >= 15 is 0 Å². The fraction of sp³-hybridized carbons (Fsp3) is 0.286. The zero-order valence-electron chi connectivity index (χ0n) is 16.0. The first kappa shape index (κ1) is 19.2. The summed E-state index contributed by atoms with van der Waals surface area (Å²) in [5.41, 5.74) is 7.95. The van der Waals surface area contributed by atoms with Gasteiger partial charge < -0.3 is 21.5 Å². The third-order valence-electron chi connectivity index (χ3n) is 4.89. The SMILES string of the molecule is NC=C(C=Nc1ccc(O)cc1)Nc1nc(NC2CCCCC2)c2sccc2n1. The van der Waals surface area contributed by atoms with Gasteiger partial charge in [-0.1, -0.05) is 19.3 Å². The standard InChI is InChI=1S/C21H24N6OS/c22-12-16(13-23-14-6-8-17(28)9-7-14)25-21-26-18-10-11-29-19(18)20(27-21)24-15-4-2-1-3-5-15/h6-13,15,28H,1-5,22H2,(H2,24,25,26,27). The molecule has 0 amide bonds. The second kappa shape index (κ2) is 8.91. The van der Waals surface area contributed by atoms with Crippen molar-refractivity contribution in [1.29, 1.82) is 0 Å². The van der Waals surface area contributed by atoms with E-state index in [1.165, 1.54) is 38.3 Å². The molecule has 0 unspecified atom stereocenters. The van der Waals surface area contributed by atoms with Crippen LogP contribution in [0, 0.1) is 0 Å². The zero-order valence-corrected chi connectivity index (χ0v) is 16.8. The molecule has 0 bridgehead atoms. The highest BCUT2D eigenvalue weighted by Crippen LogP contribution is 2.30. The maximum absolute atomic E-state index is 9.37. The van der Waals surface area contributed by atoms with Gasteiger partial charge in [0.15, 0.2) is 0 Å². The van der Waals surface area contributed by atoms with Crippen molar-refractivity contribution in [3.05, 3.63) is 47.6 Å². The van der Waals surface area contributed by atoms with E-state index < -0.39 is 0 Å². The molecule has 1 aliphatic carbocycles. The van der Waals surface area contributed by atoms with Crippen LogP contribution in [0.15, 0.2) is 52.6 Å². The number of nitrogens with zero attached hydrogens (tertiary/aromatic N) is 3. The molecule has 0 radical (unpaired) electrons. The molecule has 7 nitrogen and oxygen atoms in total. The van der Waals surface area contributed by atoms with Gasteiger partial charge in [-0.15, -0.1) is 11.3 Å². The molecule has 1 aliphatic rings. The Morgan fingerprint density at radius 2 is 1.93 bits per heavy atom. The van der Waals surface area contributed by atoms with Gasteiger partial charge in [-0.05, 0) is 48.6 Å². The number of fused-ring (bicyclic) bond motifs is 1. The molecule has 2 aromatic heterocycles. The van der Waals surface area contributed by atoms with Crippen LogP contribution in [0.3, 0.4) is 0 Å². The number of nitrogens with two attached hydrogens (primary N) is 1. The Morgan fingerprint density at radius 1 is 1.14 bits per heavy atom. The number of rotatable bonds is 6. The molecule has 2 heterocycles. The summed E-state index contributed by atoms with van der Waals surface area (Å²) < 4.78 is 1.07. The molecule has 150 valence electrons. The summed E-state index contributed by atoms with van der Waals surface area (Å²) >= 11 is 1.64. The van der Waals surface area contributed by atoms with Crippen LogP contribution in [0.25, 0.3) is 10.2 Å². The molecule has 1 saturated carbocycles. The van der Waals surface area contributed by atoms with Crippen LogP contribution in [0.4, 0.5) is 17.5 Å². The topological polar surface area (TPSA) is 108 Å². The Kier molecular flexibility index (Phi) is 5.90. The van der Waals surface area contributed by atoms with E-state index in [1.54, 1.807) is 41.8 Å². The highest BCUT2D eigenvalue weighted by atomic mass is 32.1. The van der Waals surface area contributed by atoms with Crippen molar-refractivity contribution >= 4 is 45.2 Å². The quantitative estimate of drug-likeness (QED) is 0.438. The molecule has 3 aromatic rings. The first-order valence-corrected chi connectivity index (χ1v) is 10.6. The number of hydrogen-bond donors (Lipinski definition) is 4. The minimum absolute atomic E-state index is 0.201. The molecule has 1 fully saturated rings. The normalized spacial score (nSPS) is 15.8. The zero-order chi connectivity index (χ0) is 20.1. The first-order chi connectivity index (χ1) is 14.2. The van der Waals surface area contributed by atoms with Crippen molar-refractivity contribution in [2.75, 3.05) is 10.6 Å². The van der Waals surface area contributed by atoms with Crippen molar-refractivity contribution in [2.24, 2.45) is 10.7 Å². The van der Waals surface area contributed by atoms with Crippen LogP contribution in [0.1, 0.15) is 32.1 Å². The number of aliphatic imine (C=N–C) groups is 1. The number of nitrogens with one attached hydrogen (secondary N) is 2. The van der Waals surface area contributed by atoms with Crippen molar-refractivity contribution < 1.29 is 5.11 Å². The fourth-order valence-corrected chi connectivity index (χ4v) is 4.17. The summed E-state index contributed by atoms with van der Waals surface area (Å²) in [5.74, 6) is 1.54. The summed E-state index contributed by atoms with van der Waals surface area (Å²) in [6.45, 7) is 0. The molecule has 8 heteroatoms. The highest BCUT2D eigenvalue weighted by Gasteiger charge is 2.17. The lowest BCUT2D eigenvalue weighted by atomic mass is 9.95. The number of thiophene rings is 1. The van der Waals surface area contributed by atoms with Gasteiger partial charge in [-0.2, -0.15) is 4.98 Å². The van der Waals surface area contributed by atoms with E-state index in [1.807, 2.05) is 11.4 Å². The number of benzene rings is 1. The molecule has 0 spiro atoms. The third-order valence-corrected chi connectivity index (χ3v) is 5.80. The van der Waals surface area contributed by atoms with Gasteiger partial charge in [0.25, 0.3) is 0 Å². The number of phenolic OH excluding ortho intramolecular Hbond substituents is 1. The maximum atomic E-state index is 9.37. The van der Waals surface area contributed by atoms with Gasteiger partial charge in [0.05, 0.1) is 27.8 Å². The van der Waals surface area contributed by atoms with Crippen molar-refractivity contribution in [1.82, 2.24) is 9.97 Å². The predicted molar refractivity (Wildman–Crippen MR) is 120 cm³/mol. The lowest BCUT2D eigenvalue weighted by Gasteiger charge is -2.23. The van der Waals surface area contributed by atoms with Crippen molar-refractivity contribution in [2.45, 2.75) is 38.1 Å². The Hall–Kier alpha value is -3.13. The van der Waals surface area contributed by atoms with E-state index in [-0.39, 0.29) is 5.75 Å². The van der Waals surface area contributed by atoms with E-state index in [9.17, 15) is 5.11 Å². The molecule has 29 heavy (non-hydrogen) atoms. The summed E-state index contributed by atoms with van der Waals surface area (Å²) in [4.78, 5) is 13.7. The predicted octanol–water partition coefficient (Wildman–Crippen LogP) is 4.76. The van der Waals surface area contributed by atoms with Crippen molar-refractivity contribution in [3.63, 3.8) is 0 Å². The monoisotopic (exact) mass is 408 g/mol. The average molecular weight is 409 g/mol. The van der Waals surface area contributed by atoms with Crippen LogP contribution in [0.2, 0.25) is 0 Å². The van der Waals surface area contributed by atoms with Crippen LogP contribution in [-0.4, -0.2) is 27.3 Å². The first-order valence-electron chi connectivity index (χ1n) is 9.75. The number of aromatic nitrogens is 2. The smallest absolute Gasteiger partial charge is 0.229 e. The molecule has 5 N–H and O–H groups in total. The van der Waals surface area contributed by atoms with Gasteiger partial charge in [-0.25, -0.2) is 4.98 Å². The Morgan fingerprint density at radius 3 is 2.69 bits per heavy atom. The second-order valence-corrected chi connectivity index (χ2v) is 7.95. The summed E-state index contributed by atoms with van der Waals surface area (Å²) in [7, 11) is 0. The lowest BCUT2D eigenvalue weighted by molar-refractivity contribution is 0.462. The van der Waals surface area contributed by atoms with Crippen LogP contribution >= 0.6 is 11.3 Å². The van der Waals surface area contributed by atoms with Gasteiger partial charge in [0.1, 0.15) is 11.6 Å². The van der Waals surface area contributed by atoms with Gasteiger partial charge in [0, 0.05) is 12.2 Å². The highest BCUT2D eigenvalue weighted by molar-refractivity contribution is 7.17. The average Bonchev–Trinajstić information content (AvgIpc) is 3.22. The molecule has 4 rings (SSSR count). The lowest BCUT2D eigenvalue weighted by Crippen LogP contribution is -2.23. The van der Waals surface area contributed by atoms with E-state index in [0.717, 1.165) is 16.0 Å². The molecular formula is C21H24N6OS. The third kappa shape index (κ3) is 4.83. The van der Waals surface area contributed by atoms with Gasteiger partial charge in [-0.3, -0.25) is 4.99 Å². The Balaban J connectivity index is 1.53. The van der Waals surface area contributed by atoms with E-state index in [2.05, 4.69) is 20.6 Å². The second-order valence-electron chi connectivity index (χ2n) is 7.03. The Bertz CT molecular complexity index is 1020. The number of aromatic hydroxyl groups is 1. The number of anilines is 2. The largest absolute Gasteiger partial charge is 0.508 e. The summed E-state index contributed by atoms with van der Waals surface area (Å²) in [6.07, 6.45) is 9.22.